The molecule has 3 atom stereocenters. The lowest BCUT2D eigenvalue weighted by atomic mass is 9.94. The molecule has 1 aliphatic carbocycles. The minimum absolute atomic E-state index is 0.0823. The molecule has 0 aliphatic heterocycles. The van der Waals surface area contributed by atoms with Crippen molar-refractivity contribution in [3.63, 3.8) is 0 Å². The van der Waals surface area contributed by atoms with Crippen molar-refractivity contribution in [2.75, 3.05) is 6.61 Å². The van der Waals surface area contributed by atoms with E-state index in [9.17, 15) is 9.90 Å². The summed E-state index contributed by atoms with van der Waals surface area (Å²) < 4.78 is 0. The largest absolute Gasteiger partial charge is 0.396 e. The molecule has 1 fully saturated rings. The molecule has 0 bridgehead atoms. The summed E-state index contributed by atoms with van der Waals surface area (Å²) in [6.07, 6.45) is 3.90. The highest BCUT2D eigenvalue weighted by Gasteiger charge is 2.30. The van der Waals surface area contributed by atoms with Gasteiger partial charge >= 0.3 is 0 Å². The van der Waals surface area contributed by atoms with Gasteiger partial charge in [0.1, 0.15) is 0 Å². The summed E-state index contributed by atoms with van der Waals surface area (Å²) in [5.74, 6) is 0.248. The Kier molecular flexibility index (Phi) is 4.97. The maximum atomic E-state index is 12.4. The molecule has 2 N–H and O–H groups in total. The Morgan fingerprint density at radius 1 is 1.37 bits per heavy atom. The van der Waals surface area contributed by atoms with Crippen molar-refractivity contribution < 1.29 is 9.90 Å². The van der Waals surface area contributed by atoms with E-state index in [0.717, 1.165) is 31.2 Å². The number of benzene rings is 1. The Morgan fingerprint density at radius 3 is 2.74 bits per heavy atom. The van der Waals surface area contributed by atoms with Crippen molar-refractivity contribution in [1.82, 2.24) is 5.32 Å². The van der Waals surface area contributed by atoms with E-state index >= 15 is 0 Å². The predicted molar refractivity (Wildman–Crippen MR) is 75.8 cm³/mol. The SMILES string of the molecule is CCC(C(=O)NC1CCCC1CO)c1ccccc1. The monoisotopic (exact) mass is 261 g/mol. The van der Waals surface area contributed by atoms with Crippen LogP contribution in [0.1, 0.15) is 44.1 Å². The van der Waals surface area contributed by atoms with Crippen LogP contribution in [0.4, 0.5) is 0 Å². The molecule has 2 rings (SSSR count). The zero-order chi connectivity index (χ0) is 13.7. The zero-order valence-corrected chi connectivity index (χ0v) is 11.5. The van der Waals surface area contributed by atoms with Crippen LogP contribution in [0, 0.1) is 5.92 Å². The quantitative estimate of drug-likeness (QED) is 0.855. The average Bonchev–Trinajstić information content (AvgIpc) is 2.88. The average molecular weight is 261 g/mol. The molecule has 0 spiro atoms. The van der Waals surface area contributed by atoms with Gasteiger partial charge in [0.25, 0.3) is 0 Å². The van der Waals surface area contributed by atoms with Gasteiger partial charge in [-0.25, -0.2) is 0 Å². The Balaban J connectivity index is 2.01. The summed E-state index contributed by atoms with van der Waals surface area (Å²) in [5.41, 5.74) is 1.07. The van der Waals surface area contributed by atoms with Gasteiger partial charge in [0.2, 0.25) is 5.91 Å². The lowest BCUT2D eigenvalue weighted by Crippen LogP contribution is -2.41. The Bertz CT molecular complexity index is 404. The number of hydrogen-bond acceptors (Lipinski definition) is 2. The van der Waals surface area contributed by atoms with Crippen molar-refractivity contribution in [3.05, 3.63) is 35.9 Å². The van der Waals surface area contributed by atoms with E-state index in [0.29, 0.717) is 0 Å². The van der Waals surface area contributed by atoms with Crippen molar-refractivity contribution in [1.29, 1.82) is 0 Å². The van der Waals surface area contributed by atoms with E-state index in [1.807, 2.05) is 37.3 Å². The molecule has 0 aromatic heterocycles. The van der Waals surface area contributed by atoms with Crippen LogP contribution in [0.25, 0.3) is 0 Å². The fourth-order valence-electron chi connectivity index (χ4n) is 2.99. The van der Waals surface area contributed by atoms with Gasteiger partial charge in [-0.1, -0.05) is 43.7 Å². The second-order valence-corrected chi connectivity index (χ2v) is 5.36. The standard InChI is InChI=1S/C16H23NO2/c1-2-14(12-7-4-3-5-8-12)16(19)17-15-10-6-9-13(15)11-18/h3-5,7-8,13-15,18H,2,6,9-11H2,1H3,(H,17,19). The van der Waals surface area contributed by atoms with Crippen LogP contribution >= 0.6 is 0 Å². The van der Waals surface area contributed by atoms with E-state index in [2.05, 4.69) is 5.32 Å². The number of carbonyl (C=O) groups is 1. The maximum Gasteiger partial charge on any atom is 0.227 e. The van der Waals surface area contributed by atoms with Gasteiger partial charge < -0.3 is 10.4 Å². The highest BCUT2D eigenvalue weighted by molar-refractivity contribution is 5.83. The summed E-state index contributed by atoms with van der Waals surface area (Å²) >= 11 is 0. The third-order valence-corrected chi connectivity index (χ3v) is 4.15. The molecule has 19 heavy (non-hydrogen) atoms. The van der Waals surface area contributed by atoms with Crippen molar-refractivity contribution in [2.24, 2.45) is 5.92 Å². The number of aliphatic hydroxyl groups excluding tert-OH is 1. The van der Waals surface area contributed by atoms with Crippen molar-refractivity contribution >= 4 is 5.91 Å². The summed E-state index contributed by atoms with van der Waals surface area (Å²) in [6.45, 7) is 2.21. The van der Waals surface area contributed by atoms with Crippen molar-refractivity contribution in [3.8, 4) is 0 Å². The molecule has 0 heterocycles. The Labute approximate surface area is 115 Å². The maximum absolute atomic E-state index is 12.4. The van der Waals surface area contributed by atoms with Gasteiger partial charge in [-0.3, -0.25) is 4.79 Å². The highest BCUT2D eigenvalue weighted by atomic mass is 16.3. The molecule has 1 aromatic carbocycles. The molecule has 3 nitrogen and oxygen atoms in total. The second kappa shape index (κ2) is 6.71. The molecule has 1 aromatic rings. The molecule has 1 aliphatic rings. The molecule has 1 saturated carbocycles. The van der Waals surface area contributed by atoms with Gasteiger partial charge in [0.15, 0.2) is 0 Å². The van der Waals surface area contributed by atoms with Gasteiger partial charge in [-0.05, 0) is 24.8 Å². The second-order valence-electron chi connectivity index (χ2n) is 5.36. The lowest BCUT2D eigenvalue weighted by molar-refractivity contribution is -0.123. The third-order valence-electron chi connectivity index (χ3n) is 4.15. The lowest BCUT2D eigenvalue weighted by Gasteiger charge is -2.22. The van der Waals surface area contributed by atoms with E-state index in [1.54, 1.807) is 0 Å². The predicted octanol–water partition coefficient (Wildman–Crippen LogP) is 2.46. The van der Waals surface area contributed by atoms with Gasteiger partial charge in [-0.15, -0.1) is 0 Å². The van der Waals surface area contributed by atoms with E-state index < -0.39 is 0 Å². The van der Waals surface area contributed by atoms with Crippen LogP contribution in [0.2, 0.25) is 0 Å². The smallest absolute Gasteiger partial charge is 0.227 e. The molecule has 3 heteroatoms. The molecular weight excluding hydrogens is 238 g/mol. The first-order valence-electron chi connectivity index (χ1n) is 7.22. The van der Waals surface area contributed by atoms with Crippen LogP contribution < -0.4 is 5.32 Å². The number of amides is 1. The Morgan fingerprint density at radius 2 is 2.11 bits per heavy atom. The van der Waals surface area contributed by atoms with E-state index in [-0.39, 0.29) is 30.4 Å². The van der Waals surface area contributed by atoms with Gasteiger partial charge in [0.05, 0.1) is 5.92 Å². The van der Waals surface area contributed by atoms with Crippen molar-refractivity contribution in [2.45, 2.75) is 44.6 Å². The summed E-state index contributed by atoms with van der Waals surface area (Å²) in [5, 5.41) is 12.4. The van der Waals surface area contributed by atoms with Crippen LogP contribution in [0.5, 0.6) is 0 Å². The molecule has 1 amide bonds. The van der Waals surface area contributed by atoms with E-state index in [1.165, 1.54) is 0 Å². The first-order valence-corrected chi connectivity index (χ1v) is 7.22. The minimum Gasteiger partial charge on any atom is -0.396 e. The number of rotatable bonds is 5. The minimum atomic E-state index is -0.0823. The molecular formula is C16H23NO2. The normalized spacial score (nSPS) is 24.1. The summed E-state index contributed by atoms with van der Waals surface area (Å²) in [4.78, 5) is 12.4. The first-order chi connectivity index (χ1) is 9.26. The molecule has 3 unspecified atom stereocenters. The van der Waals surface area contributed by atoms with Gasteiger partial charge in [0, 0.05) is 18.6 Å². The number of nitrogens with one attached hydrogen (secondary N) is 1. The van der Waals surface area contributed by atoms with Crippen LogP contribution in [-0.2, 0) is 4.79 Å². The number of hydrogen-bond donors (Lipinski definition) is 2. The third kappa shape index (κ3) is 3.35. The fourth-order valence-corrected chi connectivity index (χ4v) is 2.99. The molecule has 0 radical (unpaired) electrons. The van der Waals surface area contributed by atoms with Crippen LogP contribution in [-0.4, -0.2) is 23.7 Å². The first kappa shape index (κ1) is 14.1. The van der Waals surface area contributed by atoms with Crippen LogP contribution in [0.3, 0.4) is 0 Å². The highest BCUT2D eigenvalue weighted by Crippen LogP contribution is 2.27. The summed E-state index contributed by atoms with van der Waals surface area (Å²) in [7, 11) is 0. The molecule has 0 saturated heterocycles. The van der Waals surface area contributed by atoms with Gasteiger partial charge in [-0.2, -0.15) is 0 Å². The molecule has 104 valence electrons. The fraction of sp³-hybridized carbons (Fsp3) is 0.562. The zero-order valence-electron chi connectivity index (χ0n) is 11.5. The van der Waals surface area contributed by atoms with Crippen LogP contribution in [0.15, 0.2) is 30.3 Å². The van der Waals surface area contributed by atoms with E-state index in [4.69, 9.17) is 0 Å². The summed E-state index contributed by atoms with van der Waals surface area (Å²) in [6, 6.07) is 10.1. The Hall–Kier alpha value is -1.35. The number of aliphatic hydroxyl groups is 1. The topological polar surface area (TPSA) is 49.3 Å². The number of carbonyl (C=O) groups excluding carboxylic acids is 1.